The largest absolute Gasteiger partial charge is 0.503 e. The monoisotopic (exact) mass is 646 g/mol. The Morgan fingerprint density at radius 3 is 2.51 bits per heavy atom. The van der Waals surface area contributed by atoms with E-state index >= 15 is 0 Å². The van der Waals surface area contributed by atoms with Crippen molar-refractivity contribution in [3.63, 3.8) is 0 Å². The maximum Gasteiger partial charge on any atom is 0.238 e. The topological polar surface area (TPSA) is 127 Å². The number of methoxy groups -OCH3 is 1. The molecule has 1 N–H and O–H groups in total. The maximum atomic E-state index is 14.3. The van der Waals surface area contributed by atoms with Crippen LogP contribution in [0.2, 0.25) is 5.02 Å². The number of hydrogen-bond donors (Lipinski definition) is 1. The number of halogens is 1. The van der Waals surface area contributed by atoms with Gasteiger partial charge in [-0.2, -0.15) is 0 Å². The summed E-state index contributed by atoms with van der Waals surface area (Å²) in [6.45, 7) is 1.61. The van der Waals surface area contributed by atoms with Gasteiger partial charge in [-0.15, -0.1) is 0 Å². The van der Waals surface area contributed by atoms with Crippen LogP contribution in [0.5, 0.6) is 11.5 Å². The number of carbonyl (C=O) groups is 4. The third-order valence-corrected chi connectivity index (χ3v) is 10.1. The Balaban J connectivity index is 1.18. The normalized spacial score (nSPS) is 23.9. The summed E-state index contributed by atoms with van der Waals surface area (Å²) < 4.78 is 11.2. The van der Waals surface area contributed by atoms with Gasteiger partial charge in [0.2, 0.25) is 17.7 Å². The third-order valence-electron chi connectivity index (χ3n) is 9.84. The highest BCUT2D eigenvalue weighted by atomic mass is 35.5. The number of anilines is 1. The van der Waals surface area contributed by atoms with E-state index in [4.69, 9.17) is 20.8 Å². The number of ketones is 2. The zero-order valence-electron chi connectivity index (χ0n) is 25.3. The molecule has 0 bridgehead atoms. The Hall–Kier alpha value is -5.28. The Morgan fingerprint density at radius 1 is 1.00 bits per heavy atom. The quantitative estimate of drug-likeness (QED) is 0.151. The smallest absolute Gasteiger partial charge is 0.238 e. The first kappa shape index (κ1) is 29.1. The molecule has 2 amide bonds. The minimum Gasteiger partial charge on any atom is -0.503 e. The number of imide groups is 1. The van der Waals surface area contributed by atoms with Gasteiger partial charge in [0.25, 0.3) is 0 Å². The van der Waals surface area contributed by atoms with Crippen molar-refractivity contribution in [1.29, 1.82) is 0 Å². The summed E-state index contributed by atoms with van der Waals surface area (Å²) in [7, 11) is 1.40. The molecule has 2 heterocycles. The van der Waals surface area contributed by atoms with E-state index in [1.54, 1.807) is 43.3 Å². The van der Waals surface area contributed by atoms with Crippen molar-refractivity contribution in [2.24, 2.45) is 17.8 Å². The maximum absolute atomic E-state index is 14.3. The zero-order valence-corrected chi connectivity index (χ0v) is 26.1. The number of aromatic nitrogens is 1. The molecule has 3 aliphatic carbocycles. The number of amides is 2. The summed E-state index contributed by atoms with van der Waals surface area (Å²) in [5, 5.41) is 10.5. The van der Waals surface area contributed by atoms with Gasteiger partial charge in [-0.3, -0.25) is 24.1 Å². The van der Waals surface area contributed by atoms with Gasteiger partial charge >= 0.3 is 0 Å². The van der Waals surface area contributed by atoms with Gasteiger partial charge in [-0.05, 0) is 85.9 Å². The van der Waals surface area contributed by atoms with Crippen LogP contribution in [0.3, 0.4) is 0 Å². The molecule has 0 saturated carbocycles. The van der Waals surface area contributed by atoms with Crippen LogP contribution in [-0.2, 0) is 19.2 Å². The van der Waals surface area contributed by atoms with Crippen LogP contribution in [0.25, 0.3) is 22.6 Å². The van der Waals surface area contributed by atoms with Crippen LogP contribution < -0.4 is 9.64 Å². The predicted octanol–water partition coefficient (Wildman–Crippen LogP) is 6.50. The lowest BCUT2D eigenvalue weighted by atomic mass is 9.59. The van der Waals surface area contributed by atoms with Crippen molar-refractivity contribution >= 4 is 51.8 Å². The fourth-order valence-electron chi connectivity index (χ4n) is 7.66. The summed E-state index contributed by atoms with van der Waals surface area (Å²) in [5.74, 6) is -3.50. The van der Waals surface area contributed by atoms with E-state index in [0.717, 1.165) is 11.1 Å². The number of para-hydroxylation sites is 2. The molecule has 4 aromatic rings. The summed E-state index contributed by atoms with van der Waals surface area (Å²) >= 11 is 6.41. The van der Waals surface area contributed by atoms with E-state index in [-0.39, 0.29) is 52.7 Å². The number of Topliss-reactive ketones (excluding diaryl/α,β-unsaturated/α-hetero) is 1. The van der Waals surface area contributed by atoms with Gasteiger partial charge < -0.3 is 14.3 Å². The molecule has 4 unspecified atom stereocenters. The summed E-state index contributed by atoms with van der Waals surface area (Å²) in [6.07, 6.45) is 3.71. The minimum atomic E-state index is -0.736. The summed E-state index contributed by atoms with van der Waals surface area (Å²) in [6, 6.07) is 17.5. The number of phenols is 1. The lowest BCUT2D eigenvalue weighted by Crippen LogP contribution is -2.39. The van der Waals surface area contributed by atoms with Crippen LogP contribution in [-0.4, -0.2) is 40.6 Å². The molecule has 1 aliphatic heterocycles. The lowest BCUT2D eigenvalue weighted by Gasteiger charge is -2.42. The molecule has 0 spiro atoms. The molecule has 4 aliphatic rings. The number of phenolic OH excluding ortho intramolecular Hbond substituents is 1. The first-order valence-electron chi connectivity index (χ1n) is 15.3. The average molecular weight is 647 g/mol. The van der Waals surface area contributed by atoms with Crippen LogP contribution in [0, 0.1) is 17.8 Å². The first-order chi connectivity index (χ1) is 22.7. The first-order valence-corrected chi connectivity index (χ1v) is 15.6. The molecule has 1 fully saturated rings. The predicted molar refractivity (Wildman–Crippen MR) is 173 cm³/mol. The average Bonchev–Trinajstić information content (AvgIpc) is 3.62. The fourth-order valence-corrected chi connectivity index (χ4v) is 7.88. The van der Waals surface area contributed by atoms with E-state index in [1.165, 1.54) is 18.1 Å². The number of benzene rings is 3. The molecule has 234 valence electrons. The van der Waals surface area contributed by atoms with Crippen molar-refractivity contribution in [1.82, 2.24) is 4.98 Å². The lowest BCUT2D eigenvalue weighted by molar-refractivity contribution is -0.123. The van der Waals surface area contributed by atoms with Gasteiger partial charge in [-0.25, -0.2) is 4.98 Å². The number of nitrogens with zero attached hydrogens (tertiary/aromatic N) is 2. The Labute approximate surface area is 273 Å². The SMILES string of the molecule is COc1cc(C2C3=CCC4C(=O)N(c5ccc(-c6nc7ccccc7o6)cc5)C(=O)C4C3CC3=C2C(=O)C(C)=CC3=O)cc(Cl)c1O. The van der Waals surface area contributed by atoms with Gasteiger partial charge in [-0.1, -0.05) is 35.4 Å². The molecule has 0 radical (unpaired) electrons. The van der Waals surface area contributed by atoms with Gasteiger partial charge in [0.15, 0.2) is 28.6 Å². The van der Waals surface area contributed by atoms with Crippen molar-refractivity contribution in [2.75, 3.05) is 12.0 Å². The van der Waals surface area contributed by atoms with Crippen LogP contribution >= 0.6 is 11.6 Å². The highest BCUT2D eigenvalue weighted by molar-refractivity contribution is 6.32. The van der Waals surface area contributed by atoms with Crippen LogP contribution in [0.4, 0.5) is 5.69 Å². The standard InChI is InChI=1S/C37H27ClN2O7/c1-17-13-27(41)24-16-23-21(30(32(24)33(17)42)19-14-25(38)34(43)29(15-19)46-2)11-12-22-31(23)37(45)40(36(22)44)20-9-7-18(8-10-20)35-39-26-5-3-4-6-28(26)47-35/h3-11,13-15,22-23,30-31,43H,12,16H2,1-2H3. The molecule has 1 saturated heterocycles. The summed E-state index contributed by atoms with van der Waals surface area (Å²) in [4.78, 5) is 61.0. The molecule has 4 atom stereocenters. The fraction of sp³-hybridized carbons (Fsp3) is 0.216. The Kier molecular flexibility index (Phi) is 6.59. The second kappa shape index (κ2) is 10.6. The number of allylic oxidation sites excluding steroid dienone is 6. The second-order valence-corrected chi connectivity index (χ2v) is 12.7. The van der Waals surface area contributed by atoms with Crippen molar-refractivity contribution in [3.05, 3.63) is 106 Å². The highest BCUT2D eigenvalue weighted by Gasteiger charge is 2.56. The number of carbonyl (C=O) groups excluding carboxylic acids is 4. The number of oxazole rings is 1. The molecular formula is C37H27ClN2O7. The Bertz CT molecular complexity index is 2140. The summed E-state index contributed by atoms with van der Waals surface area (Å²) in [5.41, 5.74) is 4.83. The molecule has 1 aromatic heterocycles. The second-order valence-electron chi connectivity index (χ2n) is 12.3. The number of aromatic hydroxyl groups is 1. The highest BCUT2D eigenvalue weighted by Crippen LogP contribution is 2.56. The van der Waals surface area contributed by atoms with E-state index in [2.05, 4.69) is 4.98 Å². The minimum absolute atomic E-state index is 0.0272. The van der Waals surface area contributed by atoms with Gasteiger partial charge in [0.05, 0.1) is 29.7 Å². The van der Waals surface area contributed by atoms with Crippen LogP contribution in [0.1, 0.15) is 31.2 Å². The van der Waals surface area contributed by atoms with E-state index in [1.807, 2.05) is 30.3 Å². The van der Waals surface area contributed by atoms with E-state index < -0.39 is 23.7 Å². The molecule has 8 rings (SSSR count). The number of hydrogen-bond acceptors (Lipinski definition) is 8. The number of ether oxygens (including phenoxy) is 1. The molecule has 10 heteroatoms. The van der Waals surface area contributed by atoms with E-state index in [0.29, 0.717) is 45.0 Å². The van der Waals surface area contributed by atoms with E-state index in [9.17, 15) is 24.3 Å². The zero-order chi connectivity index (χ0) is 32.7. The van der Waals surface area contributed by atoms with Crippen molar-refractivity contribution < 1.29 is 33.4 Å². The molecule has 3 aromatic carbocycles. The number of fused-ring (bicyclic) bond motifs is 4. The van der Waals surface area contributed by atoms with Crippen LogP contribution in [0.15, 0.2) is 99.5 Å². The molecule has 47 heavy (non-hydrogen) atoms. The molecular weight excluding hydrogens is 620 g/mol. The number of rotatable bonds is 4. The molecule has 9 nitrogen and oxygen atoms in total. The third kappa shape index (κ3) is 4.33. The Morgan fingerprint density at radius 2 is 1.77 bits per heavy atom. The van der Waals surface area contributed by atoms with Crippen molar-refractivity contribution in [2.45, 2.75) is 25.7 Å². The van der Waals surface area contributed by atoms with Gasteiger partial charge in [0, 0.05) is 28.2 Å². The van der Waals surface area contributed by atoms with Crippen molar-refractivity contribution in [3.8, 4) is 23.0 Å². The van der Waals surface area contributed by atoms with Gasteiger partial charge in [0.1, 0.15) is 5.52 Å².